The minimum Gasteiger partial charge on any atom is -0.505 e. The van der Waals surface area contributed by atoms with Crippen LogP contribution in [0.4, 0.5) is 35.1 Å². The predicted octanol–water partition coefficient (Wildman–Crippen LogP) is 25.1. The number of carbonyl (C=O) groups is 1. The number of Topliss-reactive ketones (excluding diaryl/α,β-unsaturated/α-hetero) is 1. The van der Waals surface area contributed by atoms with E-state index in [4.69, 9.17) is 29.2 Å². The maximum absolute atomic E-state index is 14.6. The van der Waals surface area contributed by atoms with Crippen LogP contribution >= 0.6 is 15.9 Å². The van der Waals surface area contributed by atoms with Crippen molar-refractivity contribution >= 4 is 21.7 Å². The molecule has 0 saturated heterocycles. The number of ketones is 1. The van der Waals surface area contributed by atoms with Crippen LogP contribution in [0.1, 0.15) is 280 Å². The number of aromatic hydroxyl groups is 1. The fourth-order valence-corrected chi connectivity index (χ4v) is 11.2. The van der Waals surface area contributed by atoms with E-state index in [-0.39, 0.29) is 40.5 Å². The Morgan fingerprint density at radius 1 is 0.432 bits per heavy atom. The molecule has 0 amide bonds. The zero-order valence-corrected chi connectivity index (χ0v) is 59.9. The molecule has 2 N–H and O–H groups in total. The van der Waals surface area contributed by atoms with Crippen molar-refractivity contribution in [3.05, 3.63) is 148 Å². The van der Waals surface area contributed by atoms with Crippen LogP contribution in [0.15, 0.2) is 78.9 Å². The fraction of sp³-hybridized carbons (Fsp3) is 0.608. The van der Waals surface area contributed by atoms with Gasteiger partial charge in [-0.3, -0.25) is 4.79 Å². The number of alkyl halides is 1. The van der Waals surface area contributed by atoms with Crippen LogP contribution in [0.2, 0.25) is 0 Å². The van der Waals surface area contributed by atoms with Gasteiger partial charge in [0.05, 0.1) is 32.0 Å². The molecule has 16 heteroatoms. The van der Waals surface area contributed by atoms with E-state index < -0.39 is 64.7 Å². The van der Waals surface area contributed by atoms with Crippen molar-refractivity contribution in [2.24, 2.45) is 11.8 Å². The molecular formula is C79H115BrF8O7. The lowest BCUT2D eigenvalue weighted by Crippen LogP contribution is -2.15. The van der Waals surface area contributed by atoms with Gasteiger partial charge in [0.15, 0.2) is 57.9 Å². The first-order chi connectivity index (χ1) is 46.0. The van der Waals surface area contributed by atoms with Crippen LogP contribution in [0.3, 0.4) is 0 Å². The Morgan fingerprint density at radius 3 is 1.26 bits per heavy atom. The molecule has 7 nitrogen and oxygen atoms in total. The number of ether oxygens (including phenoxy) is 4. The van der Waals surface area contributed by atoms with Crippen LogP contribution in [0.5, 0.6) is 28.7 Å². The molecule has 1 aliphatic rings. The predicted molar refractivity (Wildman–Crippen MR) is 375 cm³/mol. The summed E-state index contributed by atoms with van der Waals surface area (Å²) in [6, 6.07) is 19.7. The second-order valence-electron chi connectivity index (χ2n) is 24.9. The van der Waals surface area contributed by atoms with Gasteiger partial charge in [0, 0.05) is 16.5 Å². The number of rotatable bonds is 42. The zero-order valence-electron chi connectivity index (χ0n) is 58.3. The Morgan fingerprint density at radius 2 is 0.832 bits per heavy atom. The molecule has 0 aliphatic heterocycles. The number of hydrogen-bond donors (Lipinski definition) is 2. The third kappa shape index (κ3) is 37.3. The van der Waals surface area contributed by atoms with Gasteiger partial charge in [-0.05, 0) is 124 Å². The molecule has 0 spiro atoms. The summed E-state index contributed by atoms with van der Waals surface area (Å²) >= 11 is 3.42. The normalized spacial score (nSPS) is 13.2. The van der Waals surface area contributed by atoms with Gasteiger partial charge in [-0.25, -0.2) is 17.6 Å². The monoisotopic (exact) mass is 1410 g/mol. The van der Waals surface area contributed by atoms with Gasteiger partial charge in [-0.1, -0.05) is 249 Å². The summed E-state index contributed by atoms with van der Waals surface area (Å²) in [6.07, 6.45) is 41.9. The van der Waals surface area contributed by atoms with Gasteiger partial charge in [-0.15, -0.1) is 0 Å². The average molecular weight is 1410 g/mol. The first kappa shape index (κ1) is 85.7. The number of aliphatic hydroxyl groups excluding tert-OH is 1. The first-order valence-corrected chi connectivity index (χ1v) is 37.0. The van der Waals surface area contributed by atoms with E-state index in [0.29, 0.717) is 25.6 Å². The number of phenols is 1. The highest BCUT2D eigenvalue weighted by Gasteiger charge is 2.22. The summed E-state index contributed by atoms with van der Waals surface area (Å²) in [5.74, 6) is -7.19. The van der Waals surface area contributed by atoms with Crippen molar-refractivity contribution in [1.82, 2.24) is 0 Å². The molecule has 0 heterocycles. The highest BCUT2D eigenvalue weighted by Crippen LogP contribution is 2.35. The maximum Gasteiger partial charge on any atom is 0.201 e. The van der Waals surface area contributed by atoms with Crippen LogP contribution in [0, 0.1) is 58.4 Å². The topological polar surface area (TPSA) is 94.5 Å². The third-order valence-corrected chi connectivity index (χ3v) is 17.4. The summed E-state index contributed by atoms with van der Waals surface area (Å²) in [7, 11) is 0. The summed E-state index contributed by atoms with van der Waals surface area (Å²) < 4.78 is 129. The van der Waals surface area contributed by atoms with Crippen LogP contribution in [-0.2, 0) is 19.6 Å². The molecule has 5 aromatic rings. The smallest absolute Gasteiger partial charge is 0.201 e. The van der Waals surface area contributed by atoms with E-state index in [1.807, 2.05) is 12.1 Å². The Kier molecular flexibility index (Phi) is 49.3. The minimum absolute atomic E-state index is 0.0126. The largest absolute Gasteiger partial charge is 0.505 e. The van der Waals surface area contributed by atoms with Gasteiger partial charge >= 0.3 is 0 Å². The molecule has 95 heavy (non-hydrogen) atoms. The van der Waals surface area contributed by atoms with E-state index >= 15 is 0 Å². The number of halogens is 9. The highest BCUT2D eigenvalue weighted by atomic mass is 79.9. The number of aliphatic hydroxyl groups is 1. The fourth-order valence-electron chi connectivity index (χ4n) is 10.9. The Balaban J connectivity index is 0.000000453. The third-order valence-electron chi connectivity index (χ3n) is 16.9. The second kappa shape index (κ2) is 54.6. The lowest BCUT2D eigenvalue weighted by atomic mass is 9.78. The van der Waals surface area contributed by atoms with Gasteiger partial charge in [0.2, 0.25) is 17.5 Å². The second-order valence-corrected chi connectivity index (χ2v) is 25.7. The molecule has 0 aromatic heterocycles. The molecule has 536 valence electrons. The van der Waals surface area contributed by atoms with Crippen molar-refractivity contribution in [2.75, 3.05) is 25.2 Å². The van der Waals surface area contributed by atoms with Crippen molar-refractivity contribution in [3.63, 3.8) is 0 Å². The number of hydrogen-bond acceptors (Lipinski definition) is 7. The number of carbonyl (C=O) groups excluding carboxylic acids is 1. The summed E-state index contributed by atoms with van der Waals surface area (Å²) in [5.41, 5.74) is 1.22. The Bertz CT molecular complexity index is 2730. The summed E-state index contributed by atoms with van der Waals surface area (Å²) in [6.45, 7) is 12.9. The molecular weight excluding hydrogens is 1290 g/mol. The van der Waals surface area contributed by atoms with Gasteiger partial charge in [0.25, 0.3) is 0 Å². The van der Waals surface area contributed by atoms with Crippen LogP contribution in [0.25, 0.3) is 0 Å². The van der Waals surface area contributed by atoms with Crippen molar-refractivity contribution < 1.29 is 69.1 Å². The molecule has 0 unspecified atom stereocenters. The quantitative estimate of drug-likeness (QED) is 0.0174. The minimum atomic E-state index is -1.20. The van der Waals surface area contributed by atoms with E-state index in [2.05, 4.69) is 62.7 Å². The van der Waals surface area contributed by atoms with Gasteiger partial charge in [-0.2, -0.15) is 17.6 Å². The molecule has 0 radical (unpaired) electrons. The molecule has 0 atom stereocenters. The van der Waals surface area contributed by atoms with Gasteiger partial charge < -0.3 is 29.2 Å². The standard InChI is InChI=1S/C34H50F2O2.C16H22F2O2.C15H22F2O2.C8H17Br.C6H4F2O/c1-3-5-7-8-9-11-25-37-32-24-21-30(33(35)34(32)36)26-38-31-22-19-29(20-23-31)18-17-28-15-13-27(14-16-28)12-10-6-4-2;1-3-4-5-6-7-8-11-20-14-10-9-13(12(2)19)15(17)16(14)18;1-2-3-4-5-6-7-10-19-13-9-8-12(11-18)14(16)15(13)17;1-2-3-4-5-6-7-8-9;7-4-2-1-3-5(9)6(4)8/h19-24,27-28H,3-18,25-26H2,1-2H3;9-10H,3-8,11H2,1-2H3;8-9,18H,2-7,10-11H2,1H3;2-8H2,1H3;1-3,9H. The highest BCUT2D eigenvalue weighted by molar-refractivity contribution is 9.09. The van der Waals surface area contributed by atoms with Crippen molar-refractivity contribution in [3.8, 4) is 28.7 Å². The number of unbranched alkanes of at least 4 members (excludes halogenated alkanes) is 22. The first-order valence-electron chi connectivity index (χ1n) is 35.8. The van der Waals surface area contributed by atoms with Crippen molar-refractivity contribution in [1.29, 1.82) is 0 Å². The molecule has 1 saturated carbocycles. The molecule has 1 fully saturated rings. The number of aryl methyl sites for hydroxylation is 1. The van der Waals surface area contributed by atoms with Gasteiger partial charge in [0.1, 0.15) is 12.4 Å². The maximum atomic E-state index is 14.6. The molecule has 6 rings (SSSR count). The van der Waals surface area contributed by atoms with E-state index in [0.717, 1.165) is 88.2 Å². The number of phenolic OH excluding ortho intramolecular Hbond substituents is 1. The summed E-state index contributed by atoms with van der Waals surface area (Å²) in [4.78, 5) is 11.1. The summed E-state index contributed by atoms with van der Waals surface area (Å²) in [5, 5.41) is 18.5. The van der Waals surface area contributed by atoms with E-state index in [1.54, 1.807) is 6.07 Å². The lowest BCUT2D eigenvalue weighted by molar-refractivity contribution is 0.101. The van der Waals surface area contributed by atoms with Crippen molar-refractivity contribution in [2.45, 2.75) is 273 Å². The Hall–Kier alpha value is -5.35. The van der Waals surface area contributed by atoms with Crippen LogP contribution in [-0.4, -0.2) is 41.1 Å². The van der Waals surface area contributed by atoms with Crippen LogP contribution < -0.4 is 18.9 Å². The van der Waals surface area contributed by atoms with E-state index in [1.165, 1.54) is 208 Å². The Labute approximate surface area is 574 Å². The average Bonchev–Trinajstić information content (AvgIpc) is 2.26. The zero-order chi connectivity index (χ0) is 69.9. The molecule has 5 aromatic carbocycles. The molecule has 1 aliphatic carbocycles. The lowest BCUT2D eigenvalue weighted by Gasteiger charge is -2.28. The molecule has 0 bridgehead atoms. The SMILES string of the molecule is CCCCCCCCBr.CCCCCCCCOc1ccc(C(C)=O)c(F)c1F.CCCCCCCCOc1ccc(CO)c(F)c1F.CCCCCCCCOc1ccc(COc2ccc(CCC3CCC(CCCCC)CC3)cc2)c(F)c1F.Oc1cccc(F)c1F. The number of benzene rings is 5. The van der Waals surface area contributed by atoms with E-state index in [9.17, 15) is 39.9 Å².